The molecular weight excluding hydrogens is 238 g/mol. The van der Waals surface area contributed by atoms with E-state index in [0.29, 0.717) is 12.1 Å². The van der Waals surface area contributed by atoms with Gasteiger partial charge in [0.15, 0.2) is 0 Å². The van der Waals surface area contributed by atoms with Crippen LogP contribution < -0.4 is 0 Å². The topological polar surface area (TPSA) is 40.5 Å². The van der Waals surface area contributed by atoms with Gasteiger partial charge in [-0.2, -0.15) is 0 Å². The van der Waals surface area contributed by atoms with Gasteiger partial charge in [-0.05, 0) is 24.6 Å². The summed E-state index contributed by atoms with van der Waals surface area (Å²) in [4.78, 5) is 13.9. The van der Waals surface area contributed by atoms with E-state index in [4.69, 9.17) is 0 Å². The van der Waals surface area contributed by atoms with Gasteiger partial charge in [-0.3, -0.25) is 4.79 Å². The Hall–Kier alpha value is -2.29. The molecule has 0 spiro atoms. The second-order valence-corrected chi connectivity index (χ2v) is 4.67. The Labute approximate surface area is 113 Å². The maximum absolute atomic E-state index is 12.3. The third-order valence-corrected chi connectivity index (χ3v) is 2.99. The molecule has 2 rings (SSSR count). The Morgan fingerprint density at radius 2 is 1.84 bits per heavy atom. The summed E-state index contributed by atoms with van der Waals surface area (Å²) >= 11 is 0. The number of carbonyl (C=O) groups excluding carboxylic acids is 1. The van der Waals surface area contributed by atoms with E-state index in [1.807, 2.05) is 37.3 Å². The Kier molecular flexibility index (Phi) is 3.85. The predicted molar refractivity (Wildman–Crippen MR) is 75.1 cm³/mol. The van der Waals surface area contributed by atoms with Crippen LogP contribution in [0.1, 0.15) is 21.5 Å². The van der Waals surface area contributed by atoms with Crippen molar-refractivity contribution in [1.82, 2.24) is 4.90 Å². The number of hydrogen-bond donors (Lipinski definition) is 1. The molecule has 0 aromatic heterocycles. The van der Waals surface area contributed by atoms with Gasteiger partial charge in [-0.25, -0.2) is 0 Å². The quantitative estimate of drug-likeness (QED) is 0.916. The third-order valence-electron chi connectivity index (χ3n) is 2.99. The average Bonchev–Trinajstić information content (AvgIpc) is 2.42. The molecule has 0 bridgehead atoms. The largest absolute Gasteiger partial charge is 0.507 e. The summed E-state index contributed by atoms with van der Waals surface area (Å²) in [6.07, 6.45) is 0. The second kappa shape index (κ2) is 5.57. The fraction of sp³-hybridized carbons (Fsp3) is 0.188. The molecule has 1 amide bonds. The summed E-state index contributed by atoms with van der Waals surface area (Å²) in [5.41, 5.74) is 2.36. The van der Waals surface area contributed by atoms with Crippen LogP contribution in [0, 0.1) is 6.92 Å². The predicted octanol–water partition coefficient (Wildman–Crippen LogP) is 2.97. The van der Waals surface area contributed by atoms with Crippen LogP contribution in [0.4, 0.5) is 0 Å². The highest BCUT2D eigenvalue weighted by Crippen LogP contribution is 2.20. The maximum Gasteiger partial charge on any atom is 0.257 e. The van der Waals surface area contributed by atoms with E-state index in [1.54, 1.807) is 30.1 Å². The monoisotopic (exact) mass is 255 g/mol. The van der Waals surface area contributed by atoms with Crippen LogP contribution in [0.15, 0.2) is 48.5 Å². The van der Waals surface area contributed by atoms with E-state index in [9.17, 15) is 9.90 Å². The standard InChI is InChI=1S/C16H17NO2/c1-12-8-9-15(18)14(10-12)16(19)17(2)11-13-6-4-3-5-7-13/h3-10,18H,11H2,1-2H3. The molecule has 0 atom stereocenters. The summed E-state index contributed by atoms with van der Waals surface area (Å²) in [5.74, 6) is -0.152. The van der Waals surface area contributed by atoms with Gasteiger partial charge < -0.3 is 10.0 Å². The normalized spacial score (nSPS) is 10.2. The van der Waals surface area contributed by atoms with E-state index >= 15 is 0 Å². The highest BCUT2D eigenvalue weighted by Gasteiger charge is 2.15. The molecule has 0 aliphatic heterocycles. The molecule has 98 valence electrons. The van der Waals surface area contributed by atoms with Crippen molar-refractivity contribution in [2.45, 2.75) is 13.5 Å². The Morgan fingerprint density at radius 3 is 2.53 bits per heavy atom. The minimum absolute atomic E-state index is 0.0236. The van der Waals surface area contributed by atoms with Crippen LogP contribution in [0.2, 0.25) is 0 Å². The van der Waals surface area contributed by atoms with Gasteiger partial charge in [0, 0.05) is 13.6 Å². The van der Waals surface area contributed by atoms with Crippen molar-refractivity contribution in [2.75, 3.05) is 7.05 Å². The fourth-order valence-corrected chi connectivity index (χ4v) is 1.96. The number of carbonyl (C=O) groups is 1. The number of benzene rings is 2. The van der Waals surface area contributed by atoms with E-state index in [-0.39, 0.29) is 11.7 Å². The molecule has 0 unspecified atom stereocenters. The minimum atomic E-state index is -0.176. The van der Waals surface area contributed by atoms with Crippen LogP contribution in [0.25, 0.3) is 0 Å². The van der Waals surface area contributed by atoms with E-state index < -0.39 is 0 Å². The molecule has 1 N–H and O–H groups in total. The number of rotatable bonds is 3. The van der Waals surface area contributed by atoms with Crippen molar-refractivity contribution in [3.8, 4) is 5.75 Å². The molecule has 0 heterocycles. The number of hydrogen-bond acceptors (Lipinski definition) is 2. The molecular formula is C16H17NO2. The van der Waals surface area contributed by atoms with E-state index in [2.05, 4.69) is 0 Å². The Bertz CT molecular complexity index is 579. The zero-order chi connectivity index (χ0) is 13.8. The van der Waals surface area contributed by atoms with Crippen molar-refractivity contribution in [3.05, 3.63) is 65.2 Å². The summed E-state index contributed by atoms with van der Waals surface area (Å²) < 4.78 is 0. The van der Waals surface area contributed by atoms with Gasteiger partial charge >= 0.3 is 0 Å². The molecule has 0 aliphatic rings. The summed E-state index contributed by atoms with van der Waals surface area (Å²) in [6.45, 7) is 2.42. The lowest BCUT2D eigenvalue weighted by atomic mass is 10.1. The SMILES string of the molecule is Cc1ccc(O)c(C(=O)N(C)Cc2ccccc2)c1. The number of aryl methyl sites for hydroxylation is 1. The van der Waals surface area contributed by atoms with Crippen molar-refractivity contribution < 1.29 is 9.90 Å². The number of aromatic hydroxyl groups is 1. The Balaban J connectivity index is 2.17. The van der Waals surface area contributed by atoms with E-state index in [0.717, 1.165) is 11.1 Å². The van der Waals surface area contributed by atoms with Crippen molar-refractivity contribution >= 4 is 5.91 Å². The van der Waals surface area contributed by atoms with Gasteiger partial charge in [0.25, 0.3) is 5.91 Å². The molecule has 0 fully saturated rings. The maximum atomic E-state index is 12.3. The molecule has 3 heteroatoms. The molecule has 0 saturated heterocycles. The summed E-state index contributed by atoms with van der Waals surface area (Å²) in [6, 6.07) is 14.8. The molecule has 0 radical (unpaired) electrons. The van der Waals surface area contributed by atoms with Crippen LogP contribution >= 0.6 is 0 Å². The zero-order valence-electron chi connectivity index (χ0n) is 11.1. The van der Waals surface area contributed by atoms with Gasteiger partial charge in [-0.1, -0.05) is 42.0 Å². The van der Waals surface area contributed by atoms with Crippen molar-refractivity contribution in [3.63, 3.8) is 0 Å². The lowest BCUT2D eigenvalue weighted by Crippen LogP contribution is -2.26. The van der Waals surface area contributed by atoms with Crippen LogP contribution in [0.3, 0.4) is 0 Å². The highest BCUT2D eigenvalue weighted by atomic mass is 16.3. The average molecular weight is 255 g/mol. The van der Waals surface area contributed by atoms with Gasteiger partial charge in [-0.15, -0.1) is 0 Å². The van der Waals surface area contributed by atoms with Crippen LogP contribution in [-0.2, 0) is 6.54 Å². The van der Waals surface area contributed by atoms with Gasteiger partial charge in [0.2, 0.25) is 0 Å². The van der Waals surface area contributed by atoms with Crippen LogP contribution in [-0.4, -0.2) is 23.0 Å². The van der Waals surface area contributed by atoms with Gasteiger partial charge in [0.1, 0.15) is 5.75 Å². The number of amides is 1. The molecule has 0 aliphatic carbocycles. The smallest absolute Gasteiger partial charge is 0.257 e. The summed E-state index contributed by atoms with van der Waals surface area (Å²) in [7, 11) is 1.73. The molecule has 2 aromatic carbocycles. The van der Waals surface area contributed by atoms with Crippen LogP contribution in [0.5, 0.6) is 5.75 Å². The fourth-order valence-electron chi connectivity index (χ4n) is 1.96. The first-order valence-corrected chi connectivity index (χ1v) is 6.17. The summed E-state index contributed by atoms with van der Waals surface area (Å²) in [5, 5.41) is 9.77. The Morgan fingerprint density at radius 1 is 1.16 bits per heavy atom. The van der Waals surface area contributed by atoms with Crippen molar-refractivity contribution in [2.24, 2.45) is 0 Å². The lowest BCUT2D eigenvalue weighted by Gasteiger charge is -2.18. The molecule has 2 aromatic rings. The number of nitrogens with zero attached hydrogens (tertiary/aromatic N) is 1. The van der Waals surface area contributed by atoms with Gasteiger partial charge in [0.05, 0.1) is 5.56 Å². The molecule has 3 nitrogen and oxygen atoms in total. The molecule has 0 saturated carbocycles. The second-order valence-electron chi connectivity index (χ2n) is 4.67. The molecule has 19 heavy (non-hydrogen) atoms. The number of phenolic OH excluding ortho intramolecular Hbond substituents is 1. The number of phenols is 1. The van der Waals surface area contributed by atoms with Crippen molar-refractivity contribution in [1.29, 1.82) is 0 Å². The first kappa shape index (κ1) is 13.1. The zero-order valence-corrected chi connectivity index (χ0v) is 11.1. The van der Waals surface area contributed by atoms with E-state index in [1.165, 1.54) is 0 Å². The first-order valence-electron chi connectivity index (χ1n) is 6.17. The first-order chi connectivity index (χ1) is 9.08. The lowest BCUT2D eigenvalue weighted by molar-refractivity contribution is 0.0782. The minimum Gasteiger partial charge on any atom is -0.507 e. The highest BCUT2D eigenvalue weighted by molar-refractivity contribution is 5.96. The third kappa shape index (κ3) is 3.13.